The van der Waals surface area contributed by atoms with Crippen molar-refractivity contribution in [1.82, 2.24) is 9.97 Å². The maximum atomic E-state index is 12.9. The van der Waals surface area contributed by atoms with E-state index in [1.165, 1.54) is 7.05 Å². The van der Waals surface area contributed by atoms with Gasteiger partial charge in [-0.3, -0.25) is 0 Å². The van der Waals surface area contributed by atoms with Gasteiger partial charge in [0.05, 0.1) is 12.3 Å². The van der Waals surface area contributed by atoms with Crippen LogP contribution in [0, 0.1) is 0 Å². The topological polar surface area (TPSA) is 47.0 Å². The van der Waals surface area contributed by atoms with E-state index < -0.39 is 11.9 Å². The first kappa shape index (κ1) is 15.1. The molecule has 2 aromatic rings. The van der Waals surface area contributed by atoms with E-state index in [0.717, 1.165) is 6.07 Å². The molecule has 2 rings (SSSR count). The standard InChI is InChI=1S/C14H14F3N3O/c1-3-21-10-6-4-5-9(7-10)11-8-12(14(15,16)17)20-13(18-2)19-11/h4-8H,3H2,1-2H3,(H,18,19,20). The molecule has 0 spiro atoms. The van der Waals surface area contributed by atoms with Crippen LogP contribution in [0.15, 0.2) is 30.3 Å². The van der Waals surface area contributed by atoms with Crippen LogP contribution in [0.4, 0.5) is 19.1 Å². The second kappa shape index (κ2) is 5.99. The molecule has 1 aromatic carbocycles. The third kappa shape index (κ3) is 3.62. The first-order valence-corrected chi connectivity index (χ1v) is 6.31. The van der Waals surface area contributed by atoms with Gasteiger partial charge in [-0.25, -0.2) is 9.97 Å². The Morgan fingerprint density at radius 1 is 1.19 bits per heavy atom. The number of halogens is 3. The predicted molar refractivity (Wildman–Crippen MR) is 73.2 cm³/mol. The fourth-order valence-electron chi connectivity index (χ4n) is 1.76. The van der Waals surface area contributed by atoms with Crippen molar-refractivity contribution in [2.75, 3.05) is 19.0 Å². The quantitative estimate of drug-likeness (QED) is 0.936. The highest BCUT2D eigenvalue weighted by Gasteiger charge is 2.33. The summed E-state index contributed by atoms with van der Waals surface area (Å²) in [5, 5.41) is 2.54. The van der Waals surface area contributed by atoms with E-state index in [4.69, 9.17) is 4.74 Å². The lowest BCUT2D eigenvalue weighted by atomic mass is 10.1. The normalized spacial score (nSPS) is 11.3. The molecule has 0 atom stereocenters. The largest absolute Gasteiger partial charge is 0.494 e. The SMILES string of the molecule is CCOc1cccc(-c2cc(C(F)(F)F)nc(NC)n2)c1. The lowest BCUT2D eigenvalue weighted by molar-refractivity contribution is -0.141. The third-order valence-corrected chi connectivity index (χ3v) is 2.68. The molecule has 0 radical (unpaired) electrons. The van der Waals surface area contributed by atoms with Crippen LogP contribution in [0.2, 0.25) is 0 Å². The van der Waals surface area contributed by atoms with Crippen LogP contribution in [0.5, 0.6) is 5.75 Å². The first-order valence-electron chi connectivity index (χ1n) is 6.31. The molecule has 1 aromatic heterocycles. The van der Waals surface area contributed by atoms with Crippen LogP contribution in [0.3, 0.4) is 0 Å². The van der Waals surface area contributed by atoms with Gasteiger partial charge in [0.1, 0.15) is 5.75 Å². The predicted octanol–water partition coefficient (Wildman–Crippen LogP) is 3.60. The molecule has 0 aliphatic rings. The zero-order chi connectivity index (χ0) is 15.5. The van der Waals surface area contributed by atoms with Crippen molar-refractivity contribution < 1.29 is 17.9 Å². The van der Waals surface area contributed by atoms with E-state index in [1.807, 2.05) is 6.92 Å². The Hall–Kier alpha value is -2.31. The maximum absolute atomic E-state index is 12.9. The third-order valence-electron chi connectivity index (χ3n) is 2.68. The zero-order valence-corrected chi connectivity index (χ0v) is 11.5. The van der Waals surface area contributed by atoms with E-state index in [-0.39, 0.29) is 11.6 Å². The summed E-state index contributed by atoms with van der Waals surface area (Å²) in [6.45, 7) is 2.31. The lowest BCUT2D eigenvalue weighted by Gasteiger charge is -2.11. The molecule has 4 nitrogen and oxygen atoms in total. The summed E-state index contributed by atoms with van der Waals surface area (Å²) in [5.74, 6) is 0.495. The number of hydrogen-bond acceptors (Lipinski definition) is 4. The molecular formula is C14H14F3N3O. The Morgan fingerprint density at radius 2 is 1.95 bits per heavy atom. The molecular weight excluding hydrogens is 283 g/mol. The summed E-state index contributed by atoms with van der Waals surface area (Å²) in [6.07, 6.45) is -4.53. The summed E-state index contributed by atoms with van der Waals surface area (Å²) in [5.41, 5.74) is -0.271. The van der Waals surface area contributed by atoms with Crippen LogP contribution in [-0.2, 0) is 6.18 Å². The smallest absolute Gasteiger partial charge is 0.433 e. The lowest BCUT2D eigenvalue weighted by Crippen LogP contribution is -2.11. The molecule has 112 valence electrons. The molecule has 0 amide bonds. The number of anilines is 1. The minimum absolute atomic E-state index is 0.0818. The molecule has 0 aliphatic heterocycles. The van der Waals surface area contributed by atoms with Crippen molar-refractivity contribution in [3.05, 3.63) is 36.0 Å². The molecule has 0 fully saturated rings. The molecule has 0 aliphatic carbocycles. The van der Waals surface area contributed by atoms with Gasteiger partial charge in [-0.1, -0.05) is 12.1 Å². The number of benzene rings is 1. The summed E-state index contributed by atoms with van der Waals surface area (Å²) in [4.78, 5) is 7.49. The fraction of sp³-hybridized carbons (Fsp3) is 0.286. The minimum atomic E-state index is -4.53. The van der Waals surface area contributed by atoms with Crippen LogP contribution in [0.1, 0.15) is 12.6 Å². The molecule has 1 heterocycles. The monoisotopic (exact) mass is 297 g/mol. The van der Waals surface area contributed by atoms with Gasteiger partial charge in [0.25, 0.3) is 0 Å². The minimum Gasteiger partial charge on any atom is -0.494 e. The van der Waals surface area contributed by atoms with Gasteiger partial charge in [-0.05, 0) is 25.1 Å². The second-order valence-corrected chi connectivity index (χ2v) is 4.17. The summed E-state index contributed by atoms with van der Waals surface area (Å²) in [7, 11) is 1.47. The number of rotatable bonds is 4. The average molecular weight is 297 g/mol. The van der Waals surface area contributed by atoms with E-state index in [9.17, 15) is 13.2 Å². The van der Waals surface area contributed by atoms with Gasteiger partial charge in [-0.15, -0.1) is 0 Å². The second-order valence-electron chi connectivity index (χ2n) is 4.17. The van der Waals surface area contributed by atoms with Crippen molar-refractivity contribution in [3.8, 4) is 17.0 Å². The van der Waals surface area contributed by atoms with Crippen molar-refractivity contribution in [2.24, 2.45) is 0 Å². The summed E-state index contributed by atoms with van der Waals surface area (Å²) >= 11 is 0. The van der Waals surface area contributed by atoms with Gasteiger partial charge in [0.15, 0.2) is 5.69 Å². The van der Waals surface area contributed by atoms with Crippen molar-refractivity contribution in [3.63, 3.8) is 0 Å². The van der Waals surface area contributed by atoms with Crippen molar-refractivity contribution in [1.29, 1.82) is 0 Å². The molecule has 0 saturated heterocycles. The van der Waals surface area contributed by atoms with E-state index >= 15 is 0 Å². The molecule has 7 heteroatoms. The number of hydrogen-bond donors (Lipinski definition) is 1. The number of aromatic nitrogens is 2. The Kier molecular flexibility index (Phi) is 4.30. The Bertz CT molecular complexity index is 629. The van der Waals surface area contributed by atoms with Gasteiger partial charge in [0.2, 0.25) is 5.95 Å². The molecule has 21 heavy (non-hydrogen) atoms. The number of ether oxygens (including phenoxy) is 1. The van der Waals surface area contributed by atoms with Crippen molar-refractivity contribution >= 4 is 5.95 Å². The number of alkyl halides is 3. The van der Waals surface area contributed by atoms with Crippen LogP contribution in [0.25, 0.3) is 11.3 Å². The Labute approximate surface area is 120 Å². The highest BCUT2D eigenvalue weighted by molar-refractivity contribution is 5.63. The van der Waals surface area contributed by atoms with E-state index in [2.05, 4.69) is 15.3 Å². The fourth-order valence-corrected chi connectivity index (χ4v) is 1.76. The molecule has 0 saturated carbocycles. The molecule has 0 bridgehead atoms. The number of nitrogens with zero attached hydrogens (tertiary/aromatic N) is 2. The molecule has 1 N–H and O–H groups in total. The van der Waals surface area contributed by atoms with E-state index in [1.54, 1.807) is 24.3 Å². The summed E-state index contributed by atoms with van der Waals surface area (Å²) < 4.78 is 43.9. The highest BCUT2D eigenvalue weighted by atomic mass is 19.4. The van der Waals surface area contributed by atoms with Gasteiger partial charge in [-0.2, -0.15) is 13.2 Å². The van der Waals surface area contributed by atoms with E-state index in [0.29, 0.717) is 17.9 Å². The molecule has 0 unspecified atom stereocenters. The zero-order valence-electron chi connectivity index (χ0n) is 11.5. The Balaban J connectivity index is 2.50. The van der Waals surface area contributed by atoms with Crippen molar-refractivity contribution in [2.45, 2.75) is 13.1 Å². The van der Waals surface area contributed by atoms with Crippen LogP contribution in [-0.4, -0.2) is 23.6 Å². The average Bonchev–Trinajstić information content (AvgIpc) is 2.46. The van der Waals surface area contributed by atoms with Gasteiger partial charge in [0, 0.05) is 12.6 Å². The van der Waals surface area contributed by atoms with Gasteiger partial charge < -0.3 is 10.1 Å². The first-order chi connectivity index (χ1) is 9.94. The summed E-state index contributed by atoms with van der Waals surface area (Å²) in [6, 6.07) is 7.67. The van der Waals surface area contributed by atoms with Gasteiger partial charge >= 0.3 is 6.18 Å². The maximum Gasteiger partial charge on any atom is 0.433 e. The highest BCUT2D eigenvalue weighted by Crippen LogP contribution is 2.31. The Morgan fingerprint density at radius 3 is 2.57 bits per heavy atom. The van der Waals surface area contributed by atoms with Crippen LogP contribution >= 0.6 is 0 Å². The number of nitrogens with one attached hydrogen (secondary N) is 1. The van der Waals surface area contributed by atoms with Crippen LogP contribution < -0.4 is 10.1 Å².